The molecule has 0 saturated carbocycles. The van der Waals surface area contributed by atoms with E-state index in [1.807, 2.05) is 46.8 Å². The van der Waals surface area contributed by atoms with E-state index in [0.29, 0.717) is 0 Å². The summed E-state index contributed by atoms with van der Waals surface area (Å²) in [5, 5.41) is 3.22. The first kappa shape index (κ1) is 15.7. The van der Waals surface area contributed by atoms with E-state index in [9.17, 15) is 4.79 Å². The summed E-state index contributed by atoms with van der Waals surface area (Å²) in [6.45, 7) is 13.6. The summed E-state index contributed by atoms with van der Waals surface area (Å²) in [6.07, 6.45) is 6.59. The number of allylic oxidation sites excluding steroid dienone is 3. The second-order valence-electron chi connectivity index (χ2n) is 4.10. The van der Waals surface area contributed by atoms with Crippen LogP contribution in [0.3, 0.4) is 0 Å². The third kappa shape index (κ3) is 4.22. The van der Waals surface area contributed by atoms with Crippen LogP contribution >= 0.6 is 0 Å². The predicted octanol–water partition coefficient (Wildman–Crippen LogP) is 3.62. The van der Waals surface area contributed by atoms with Crippen molar-refractivity contribution in [1.29, 1.82) is 0 Å². The zero-order valence-electron chi connectivity index (χ0n) is 11.7. The van der Waals surface area contributed by atoms with Gasteiger partial charge in [0, 0.05) is 18.0 Å². The highest BCUT2D eigenvalue weighted by Crippen LogP contribution is 2.22. The summed E-state index contributed by atoms with van der Waals surface area (Å²) < 4.78 is 0. The summed E-state index contributed by atoms with van der Waals surface area (Å²) >= 11 is 0. The molecular weight excluding hydrogens is 210 g/mol. The molecule has 0 aliphatic carbocycles. The van der Waals surface area contributed by atoms with Crippen LogP contribution in [0.4, 0.5) is 0 Å². The Labute approximate surface area is 105 Å². The molecule has 0 spiro atoms. The van der Waals surface area contributed by atoms with Crippen LogP contribution in [0.5, 0.6) is 0 Å². The molecule has 0 aromatic carbocycles. The lowest BCUT2D eigenvalue weighted by Crippen LogP contribution is -2.34. The van der Waals surface area contributed by atoms with E-state index in [-0.39, 0.29) is 17.7 Å². The molecule has 0 saturated heterocycles. The lowest BCUT2D eigenvalue weighted by molar-refractivity contribution is -0.123. The maximum Gasteiger partial charge on any atom is 0.157 e. The molecule has 0 radical (unpaired) electrons. The average Bonchev–Trinajstić information content (AvgIpc) is 2.74. The maximum absolute atomic E-state index is 11.8. The molecule has 0 amide bonds. The topological polar surface area (TPSA) is 29.1 Å². The Balaban J connectivity index is 0.00000121. The van der Waals surface area contributed by atoms with Crippen LogP contribution in [-0.4, -0.2) is 11.8 Å². The third-order valence-corrected chi connectivity index (χ3v) is 2.58. The molecule has 2 heteroatoms. The fourth-order valence-corrected chi connectivity index (χ4v) is 1.78. The van der Waals surface area contributed by atoms with E-state index >= 15 is 0 Å². The van der Waals surface area contributed by atoms with Gasteiger partial charge in [-0.1, -0.05) is 46.4 Å². The van der Waals surface area contributed by atoms with Gasteiger partial charge in [0.1, 0.15) is 0 Å². The molecule has 0 bridgehead atoms. The number of Topliss-reactive ketones (excluding diaryl/α,β-unsaturated/α-hetero) is 1. The van der Waals surface area contributed by atoms with Gasteiger partial charge in [0.05, 0.1) is 6.04 Å². The fraction of sp³-hybridized carbons (Fsp3) is 0.533. The zero-order valence-corrected chi connectivity index (χ0v) is 11.7. The second kappa shape index (κ2) is 7.88. The number of carbonyl (C=O) groups excluding carboxylic acids is 1. The van der Waals surface area contributed by atoms with Crippen molar-refractivity contribution in [3.05, 3.63) is 36.1 Å². The van der Waals surface area contributed by atoms with Gasteiger partial charge < -0.3 is 5.32 Å². The van der Waals surface area contributed by atoms with E-state index in [0.717, 1.165) is 12.1 Å². The molecule has 1 atom stereocenters. The molecule has 17 heavy (non-hydrogen) atoms. The van der Waals surface area contributed by atoms with Gasteiger partial charge in [-0.2, -0.15) is 0 Å². The Morgan fingerprint density at radius 1 is 1.47 bits per heavy atom. The zero-order chi connectivity index (χ0) is 13.4. The standard InChI is InChI=1S/C13H19NO.C2H6/c1-5-7-10-8-12(13(15)9(3)4)14-11(10)6-2;1-2/h5-7,9,12,14H,2,8H2,1,3-4H3;1-2H3/b7-5-;. The Hall–Kier alpha value is -1.31. The van der Waals surface area contributed by atoms with Crippen LogP contribution in [-0.2, 0) is 4.79 Å². The molecular formula is C15H25NO. The maximum atomic E-state index is 11.8. The monoisotopic (exact) mass is 235 g/mol. The molecule has 0 aromatic rings. The van der Waals surface area contributed by atoms with Gasteiger partial charge in [-0.3, -0.25) is 4.79 Å². The van der Waals surface area contributed by atoms with Crippen molar-refractivity contribution in [3.63, 3.8) is 0 Å². The van der Waals surface area contributed by atoms with E-state index in [1.165, 1.54) is 5.57 Å². The molecule has 0 aromatic heterocycles. The molecule has 1 unspecified atom stereocenters. The van der Waals surface area contributed by atoms with Crippen molar-refractivity contribution in [1.82, 2.24) is 5.32 Å². The summed E-state index contributed by atoms with van der Waals surface area (Å²) in [6, 6.07) is -0.0656. The van der Waals surface area contributed by atoms with Gasteiger partial charge in [0.2, 0.25) is 0 Å². The van der Waals surface area contributed by atoms with Crippen LogP contribution in [0.1, 0.15) is 41.0 Å². The first-order valence-corrected chi connectivity index (χ1v) is 6.38. The van der Waals surface area contributed by atoms with E-state index in [4.69, 9.17) is 0 Å². The van der Waals surface area contributed by atoms with E-state index in [1.54, 1.807) is 6.08 Å². The van der Waals surface area contributed by atoms with Crippen molar-refractivity contribution in [3.8, 4) is 0 Å². The van der Waals surface area contributed by atoms with Gasteiger partial charge in [-0.25, -0.2) is 0 Å². The number of hydrogen-bond donors (Lipinski definition) is 1. The number of ketones is 1. The average molecular weight is 235 g/mol. The minimum atomic E-state index is -0.0656. The summed E-state index contributed by atoms with van der Waals surface area (Å²) in [7, 11) is 0. The Bertz CT molecular complexity index is 324. The molecule has 0 fully saturated rings. The van der Waals surface area contributed by atoms with E-state index in [2.05, 4.69) is 11.9 Å². The first-order chi connectivity index (χ1) is 8.10. The molecule has 2 nitrogen and oxygen atoms in total. The van der Waals surface area contributed by atoms with Crippen LogP contribution in [0.25, 0.3) is 0 Å². The highest BCUT2D eigenvalue weighted by atomic mass is 16.1. The molecule has 1 aliphatic rings. The molecule has 1 N–H and O–H groups in total. The first-order valence-electron chi connectivity index (χ1n) is 6.38. The van der Waals surface area contributed by atoms with Crippen LogP contribution in [0.15, 0.2) is 36.1 Å². The number of nitrogens with one attached hydrogen (secondary N) is 1. The fourth-order valence-electron chi connectivity index (χ4n) is 1.78. The van der Waals surface area contributed by atoms with E-state index < -0.39 is 0 Å². The van der Waals surface area contributed by atoms with Crippen molar-refractivity contribution < 1.29 is 4.79 Å². The SMILES string of the molecule is C=CC1=C(/C=C\C)CC(C(=O)C(C)C)N1.CC. The highest BCUT2D eigenvalue weighted by Gasteiger charge is 2.27. The van der Waals surface area contributed by atoms with Gasteiger partial charge in [-0.05, 0) is 18.6 Å². The third-order valence-electron chi connectivity index (χ3n) is 2.58. The lowest BCUT2D eigenvalue weighted by Gasteiger charge is -2.13. The lowest BCUT2D eigenvalue weighted by atomic mass is 9.98. The summed E-state index contributed by atoms with van der Waals surface area (Å²) in [5.74, 6) is 0.354. The quantitative estimate of drug-likeness (QED) is 0.806. The van der Waals surface area contributed by atoms with Crippen LogP contribution in [0, 0.1) is 5.92 Å². The Kier molecular flexibility index (Phi) is 7.27. The van der Waals surface area contributed by atoms with Crippen molar-refractivity contribution in [2.45, 2.75) is 47.1 Å². The summed E-state index contributed by atoms with van der Waals surface area (Å²) in [5.41, 5.74) is 2.17. The van der Waals surface area contributed by atoms with Crippen LogP contribution in [0.2, 0.25) is 0 Å². The van der Waals surface area contributed by atoms with Gasteiger partial charge >= 0.3 is 0 Å². The summed E-state index contributed by atoms with van der Waals surface area (Å²) in [4.78, 5) is 11.8. The highest BCUT2D eigenvalue weighted by molar-refractivity contribution is 5.87. The molecule has 1 rings (SSSR count). The van der Waals surface area contributed by atoms with Gasteiger partial charge in [0.15, 0.2) is 5.78 Å². The van der Waals surface area contributed by atoms with Gasteiger partial charge in [0.25, 0.3) is 0 Å². The predicted molar refractivity (Wildman–Crippen MR) is 74.8 cm³/mol. The van der Waals surface area contributed by atoms with Crippen molar-refractivity contribution in [2.75, 3.05) is 0 Å². The minimum Gasteiger partial charge on any atom is -0.375 e. The normalized spacial score (nSPS) is 19.1. The Morgan fingerprint density at radius 3 is 2.47 bits per heavy atom. The minimum absolute atomic E-state index is 0.0656. The second-order valence-corrected chi connectivity index (χ2v) is 4.10. The Morgan fingerprint density at radius 2 is 2.06 bits per heavy atom. The number of hydrogen-bond acceptors (Lipinski definition) is 2. The number of rotatable bonds is 4. The molecule has 1 heterocycles. The van der Waals surface area contributed by atoms with Crippen molar-refractivity contribution >= 4 is 5.78 Å². The molecule has 1 aliphatic heterocycles. The molecule has 96 valence electrons. The smallest absolute Gasteiger partial charge is 0.157 e. The number of carbonyl (C=O) groups is 1. The van der Waals surface area contributed by atoms with Crippen molar-refractivity contribution in [2.24, 2.45) is 5.92 Å². The van der Waals surface area contributed by atoms with Gasteiger partial charge in [-0.15, -0.1) is 0 Å². The largest absolute Gasteiger partial charge is 0.375 e. The van der Waals surface area contributed by atoms with Crippen LogP contribution < -0.4 is 5.32 Å².